The number of hydrogen-bond acceptors (Lipinski definition) is 4. The lowest BCUT2D eigenvalue weighted by molar-refractivity contribution is -0.132. The Kier molecular flexibility index (Phi) is 5.76. The Morgan fingerprint density at radius 2 is 2.04 bits per heavy atom. The molecule has 24 heavy (non-hydrogen) atoms. The third kappa shape index (κ3) is 3.74. The van der Waals surface area contributed by atoms with Crippen LogP contribution in [0.15, 0.2) is 23.4 Å². The molecule has 0 unspecified atom stereocenters. The maximum Gasteiger partial charge on any atom is 0.241 e. The molecule has 0 bridgehead atoms. The molecule has 3 rings (SSSR count). The first-order valence-corrected chi connectivity index (χ1v) is 9.79. The highest BCUT2D eigenvalue weighted by atomic mass is 32.2. The van der Waals surface area contributed by atoms with Crippen LogP contribution in [0.4, 0.5) is 5.69 Å². The van der Waals surface area contributed by atoms with Gasteiger partial charge >= 0.3 is 0 Å². The number of nitrogens with zero attached hydrogens (tertiary/aromatic N) is 3. The Labute approximate surface area is 147 Å². The van der Waals surface area contributed by atoms with Gasteiger partial charge in [-0.3, -0.25) is 9.59 Å². The van der Waals surface area contributed by atoms with Gasteiger partial charge in [-0.15, -0.1) is 0 Å². The van der Waals surface area contributed by atoms with Crippen LogP contribution in [0, 0.1) is 0 Å². The van der Waals surface area contributed by atoms with Gasteiger partial charge in [0.1, 0.15) is 5.03 Å². The van der Waals surface area contributed by atoms with Gasteiger partial charge in [-0.2, -0.15) is 0 Å². The maximum atomic E-state index is 12.9. The van der Waals surface area contributed by atoms with Crippen molar-refractivity contribution in [1.29, 1.82) is 0 Å². The molecule has 1 fully saturated rings. The van der Waals surface area contributed by atoms with Crippen molar-refractivity contribution in [2.45, 2.75) is 55.7 Å². The molecule has 2 amide bonds. The molecule has 6 heteroatoms. The molecule has 1 saturated heterocycles. The smallest absolute Gasteiger partial charge is 0.241 e. The number of fused-ring (bicyclic) bond motifs is 1. The van der Waals surface area contributed by atoms with Crippen LogP contribution in [0.5, 0.6) is 0 Å². The fraction of sp³-hybridized carbons (Fsp3) is 0.611. The van der Waals surface area contributed by atoms with E-state index in [0.29, 0.717) is 6.54 Å². The van der Waals surface area contributed by atoms with Gasteiger partial charge in [-0.1, -0.05) is 31.5 Å². The summed E-state index contributed by atoms with van der Waals surface area (Å²) in [6.45, 7) is 4.39. The SMILES string of the molecule is CCCN1C(=O)[C@@H](CC(=O)N2CCCCCC2)Sc2ncccc21. The number of rotatable bonds is 4. The number of thioether (sulfide) groups is 1. The fourth-order valence-corrected chi connectivity index (χ4v) is 4.49. The number of amides is 2. The van der Waals surface area contributed by atoms with Gasteiger partial charge in [-0.25, -0.2) is 4.98 Å². The Morgan fingerprint density at radius 1 is 1.29 bits per heavy atom. The molecule has 5 nitrogen and oxygen atoms in total. The maximum absolute atomic E-state index is 12.9. The van der Waals surface area contributed by atoms with Crippen LogP contribution in [0.25, 0.3) is 0 Å². The first kappa shape index (κ1) is 17.3. The van der Waals surface area contributed by atoms with E-state index in [1.165, 1.54) is 24.6 Å². The van der Waals surface area contributed by atoms with Gasteiger partial charge in [0.2, 0.25) is 11.8 Å². The lowest BCUT2D eigenvalue weighted by atomic mass is 10.2. The molecule has 0 aromatic carbocycles. The highest BCUT2D eigenvalue weighted by Crippen LogP contribution is 2.39. The highest BCUT2D eigenvalue weighted by Gasteiger charge is 2.36. The number of anilines is 1. The summed E-state index contributed by atoms with van der Waals surface area (Å²) in [5.74, 6) is 0.157. The molecule has 2 aliphatic heterocycles. The van der Waals surface area contributed by atoms with E-state index in [0.717, 1.165) is 43.1 Å². The van der Waals surface area contributed by atoms with Crippen molar-refractivity contribution < 1.29 is 9.59 Å². The Hall–Kier alpha value is -1.56. The van der Waals surface area contributed by atoms with Gasteiger partial charge in [-0.05, 0) is 31.4 Å². The summed E-state index contributed by atoms with van der Waals surface area (Å²) < 4.78 is 0. The quantitative estimate of drug-likeness (QED) is 0.840. The summed E-state index contributed by atoms with van der Waals surface area (Å²) >= 11 is 1.44. The summed E-state index contributed by atoms with van der Waals surface area (Å²) in [7, 11) is 0. The minimum atomic E-state index is -0.352. The van der Waals surface area contributed by atoms with Gasteiger partial charge < -0.3 is 9.80 Å². The topological polar surface area (TPSA) is 53.5 Å². The monoisotopic (exact) mass is 347 g/mol. The lowest BCUT2D eigenvalue weighted by Gasteiger charge is -2.33. The molecule has 2 aliphatic rings. The van der Waals surface area contributed by atoms with Crippen LogP contribution in [0.3, 0.4) is 0 Å². The zero-order valence-corrected chi connectivity index (χ0v) is 15.1. The average molecular weight is 347 g/mol. The standard InChI is InChI=1S/C18H25N3O2S/c1-2-10-21-14-8-7-9-19-17(14)24-15(18(21)23)13-16(22)20-11-5-3-4-6-12-20/h7-9,15H,2-6,10-13H2,1H3/t15-/m1/s1. The molecule has 1 atom stereocenters. The molecule has 0 spiro atoms. The zero-order chi connectivity index (χ0) is 16.9. The Balaban J connectivity index is 1.74. The van der Waals surface area contributed by atoms with E-state index in [-0.39, 0.29) is 23.5 Å². The largest absolute Gasteiger partial charge is 0.343 e. The second-order valence-corrected chi connectivity index (χ2v) is 7.61. The fourth-order valence-electron chi connectivity index (χ4n) is 3.35. The first-order chi connectivity index (χ1) is 11.7. The van der Waals surface area contributed by atoms with Crippen molar-refractivity contribution in [2.75, 3.05) is 24.5 Å². The minimum Gasteiger partial charge on any atom is -0.343 e. The molecule has 0 saturated carbocycles. The lowest BCUT2D eigenvalue weighted by Crippen LogP contribution is -2.44. The van der Waals surface area contributed by atoms with E-state index in [1.54, 1.807) is 11.1 Å². The van der Waals surface area contributed by atoms with Crippen molar-refractivity contribution in [3.63, 3.8) is 0 Å². The third-order valence-electron chi connectivity index (χ3n) is 4.60. The predicted octanol–water partition coefficient (Wildman–Crippen LogP) is 3.09. The highest BCUT2D eigenvalue weighted by molar-refractivity contribution is 8.00. The van der Waals surface area contributed by atoms with Gasteiger partial charge in [0, 0.05) is 32.3 Å². The number of hydrogen-bond donors (Lipinski definition) is 0. The molecule has 1 aromatic rings. The van der Waals surface area contributed by atoms with E-state index in [2.05, 4.69) is 11.9 Å². The molecular formula is C18H25N3O2S. The number of carbonyl (C=O) groups excluding carboxylic acids is 2. The van der Waals surface area contributed by atoms with E-state index >= 15 is 0 Å². The second-order valence-electron chi connectivity index (χ2n) is 6.42. The number of aromatic nitrogens is 1. The summed E-state index contributed by atoms with van der Waals surface area (Å²) in [5.41, 5.74) is 0.882. The molecule has 0 aliphatic carbocycles. The van der Waals surface area contributed by atoms with Crippen molar-refractivity contribution in [2.24, 2.45) is 0 Å². The summed E-state index contributed by atoms with van der Waals surface area (Å²) in [6, 6.07) is 3.80. The van der Waals surface area contributed by atoms with Crippen LogP contribution < -0.4 is 4.90 Å². The van der Waals surface area contributed by atoms with Crippen LogP contribution in [0.2, 0.25) is 0 Å². The normalized spacial score (nSPS) is 21.4. The molecule has 3 heterocycles. The first-order valence-electron chi connectivity index (χ1n) is 8.91. The van der Waals surface area contributed by atoms with E-state index < -0.39 is 0 Å². The van der Waals surface area contributed by atoms with E-state index in [9.17, 15) is 9.59 Å². The summed E-state index contributed by atoms with van der Waals surface area (Å²) in [6.07, 6.45) is 7.45. The van der Waals surface area contributed by atoms with E-state index in [4.69, 9.17) is 0 Å². The van der Waals surface area contributed by atoms with Crippen molar-refractivity contribution in [3.05, 3.63) is 18.3 Å². The number of carbonyl (C=O) groups is 2. The number of likely N-dealkylation sites (tertiary alicyclic amines) is 1. The Bertz CT molecular complexity index is 600. The minimum absolute atomic E-state index is 0.0468. The molecular weight excluding hydrogens is 322 g/mol. The van der Waals surface area contributed by atoms with Crippen LogP contribution in [-0.2, 0) is 9.59 Å². The third-order valence-corrected chi connectivity index (χ3v) is 5.79. The van der Waals surface area contributed by atoms with Crippen molar-refractivity contribution >= 4 is 29.3 Å². The van der Waals surface area contributed by atoms with Crippen molar-refractivity contribution in [3.8, 4) is 0 Å². The van der Waals surface area contributed by atoms with E-state index in [1.807, 2.05) is 17.0 Å². The zero-order valence-electron chi connectivity index (χ0n) is 14.2. The van der Waals surface area contributed by atoms with Gasteiger partial charge in [0.05, 0.1) is 10.9 Å². The van der Waals surface area contributed by atoms with Crippen molar-refractivity contribution in [1.82, 2.24) is 9.88 Å². The summed E-state index contributed by atoms with van der Waals surface area (Å²) in [4.78, 5) is 33.7. The van der Waals surface area contributed by atoms with Gasteiger partial charge in [0.25, 0.3) is 0 Å². The van der Waals surface area contributed by atoms with Crippen LogP contribution in [-0.4, -0.2) is 46.6 Å². The average Bonchev–Trinajstić information content (AvgIpc) is 2.88. The Morgan fingerprint density at radius 3 is 2.75 bits per heavy atom. The second kappa shape index (κ2) is 8.01. The van der Waals surface area contributed by atoms with Crippen LogP contribution in [0.1, 0.15) is 45.4 Å². The molecule has 0 N–H and O–H groups in total. The predicted molar refractivity (Wildman–Crippen MR) is 96.2 cm³/mol. The summed E-state index contributed by atoms with van der Waals surface area (Å²) in [5, 5.41) is 0.508. The number of pyridine rings is 1. The molecule has 130 valence electrons. The molecule has 0 radical (unpaired) electrons. The van der Waals surface area contributed by atoms with Gasteiger partial charge in [0.15, 0.2) is 0 Å². The molecule has 1 aromatic heterocycles. The van der Waals surface area contributed by atoms with Crippen LogP contribution >= 0.6 is 11.8 Å².